The molecule has 0 radical (unpaired) electrons. The van der Waals surface area contributed by atoms with Crippen LogP contribution in [0.1, 0.15) is 149 Å². The Balaban J connectivity index is 2.60. The van der Waals surface area contributed by atoms with Gasteiger partial charge in [0.05, 0.1) is 25.4 Å². The maximum Gasteiger partial charge on any atom is 0.249 e. The van der Waals surface area contributed by atoms with Crippen molar-refractivity contribution in [2.75, 3.05) is 13.2 Å². The van der Waals surface area contributed by atoms with Crippen molar-refractivity contribution in [2.24, 2.45) is 0 Å². The van der Waals surface area contributed by atoms with Crippen molar-refractivity contribution in [1.29, 1.82) is 0 Å². The number of allylic oxidation sites excluding steroid dienone is 6. The summed E-state index contributed by atoms with van der Waals surface area (Å²) in [5.41, 5.74) is 0. The number of nitrogens with one attached hydrogen (secondary N) is 1. The highest BCUT2D eigenvalue weighted by Gasteiger charge is 2.44. The summed E-state index contributed by atoms with van der Waals surface area (Å²) in [5, 5.41) is 75.2. The molecular weight excluding hydrogens is 666 g/mol. The quantitative estimate of drug-likeness (QED) is 0.0333. The first-order valence-corrected chi connectivity index (χ1v) is 20.4. The van der Waals surface area contributed by atoms with Crippen LogP contribution in [-0.2, 0) is 14.3 Å². The minimum atomic E-state index is -1.67. The number of rotatable bonds is 32. The molecule has 0 aromatic carbocycles. The van der Waals surface area contributed by atoms with Gasteiger partial charge < -0.3 is 50.5 Å². The van der Waals surface area contributed by atoms with Crippen LogP contribution in [0.15, 0.2) is 36.5 Å². The van der Waals surface area contributed by atoms with E-state index in [1.807, 2.05) is 0 Å². The third-order valence-electron chi connectivity index (χ3n) is 9.64. The first kappa shape index (κ1) is 48.3. The molecule has 11 nitrogen and oxygen atoms in total. The second-order valence-corrected chi connectivity index (χ2v) is 14.3. The molecular formula is C41H75NO10. The molecule has 304 valence electrons. The standard InChI is InChI=1S/C41H75NO10/c1-3-5-7-9-11-13-15-17-19-20-22-24-26-28-33(44)36(46)32(31-51-41-39(49)38(48)37(47)35(30-43)52-41)42-40(50)34(45)29-27-25-23-21-18-16-14-12-10-8-6-4-2/h13,15,18,20-22,32-39,41,43-49H,3-12,14,16-17,19,23-31H2,1-2H3,(H,42,50)/b15-13+,21-18-,22-20+. The highest BCUT2D eigenvalue weighted by atomic mass is 16.7. The fraction of sp³-hybridized carbons (Fsp3) is 0.829. The fourth-order valence-electron chi connectivity index (χ4n) is 6.15. The van der Waals surface area contributed by atoms with Gasteiger partial charge in [-0.2, -0.15) is 0 Å². The number of amides is 1. The summed E-state index contributed by atoms with van der Waals surface area (Å²) in [6, 6.07) is -1.20. The van der Waals surface area contributed by atoms with Crippen molar-refractivity contribution in [3.05, 3.63) is 36.5 Å². The first-order valence-electron chi connectivity index (χ1n) is 20.4. The molecule has 1 aliphatic rings. The zero-order valence-electron chi connectivity index (χ0n) is 32.3. The van der Waals surface area contributed by atoms with Gasteiger partial charge in [0.1, 0.15) is 36.6 Å². The van der Waals surface area contributed by atoms with Crippen LogP contribution in [0, 0.1) is 0 Å². The number of carbonyl (C=O) groups is 1. The Morgan fingerprint density at radius 3 is 1.73 bits per heavy atom. The summed E-state index contributed by atoms with van der Waals surface area (Å²) >= 11 is 0. The number of unbranched alkanes of at least 4 members (excludes halogenated alkanes) is 14. The van der Waals surface area contributed by atoms with Crippen molar-refractivity contribution in [1.82, 2.24) is 5.32 Å². The van der Waals surface area contributed by atoms with Crippen LogP contribution < -0.4 is 5.32 Å². The number of aliphatic hydroxyl groups excluding tert-OH is 7. The molecule has 0 aromatic rings. The number of hydrogen-bond donors (Lipinski definition) is 8. The van der Waals surface area contributed by atoms with E-state index in [0.29, 0.717) is 19.3 Å². The van der Waals surface area contributed by atoms with E-state index in [4.69, 9.17) is 9.47 Å². The van der Waals surface area contributed by atoms with Crippen LogP contribution in [-0.4, -0.2) is 110 Å². The third-order valence-corrected chi connectivity index (χ3v) is 9.64. The second kappa shape index (κ2) is 31.7. The predicted molar refractivity (Wildman–Crippen MR) is 205 cm³/mol. The molecule has 9 unspecified atom stereocenters. The highest BCUT2D eigenvalue weighted by Crippen LogP contribution is 2.23. The summed E-state index contributed by atoms with van der Waals surface area (Å²) in [7, 11) is 0. The van der Waals surface area contributed by atoms with Crippen LogP contribution in [0.4, 0.5) is 0 Å². The lowest BCUT2D eigenvalue weighted by Gasteiger charge is -2.40. The molecule has 1 rings (SSSR count). The number of hydrogen-bond acceptors (Lipinski definition) is 10. The fourth-order valence-corrected chi connectivity index (χ4v) is 6.15. The molecule has 1 heterocycles. The molecule has 1 fully saturated rings. The zero-order chi connectivity index (χ0) is 38.4. The molecule has 52 heavy (non-hydrogen) atoms. The van der Waals surface area contributed by atoms with E-state index in [2.05, 4.69) is 55.6 Å². The van der Waals surface area contributed by atoms with Gasteiger partial charge in [0.15, 0.2) is 6.29 Å². The van der Waals surface area contributed by atoms with Gasteiger partial charge in [-0.05, 0) is 77.0 Å². The molecule has 11 heteroatoms. The normalized spacial score (nSPS) is 23.4. The van der Waals surface area contributed by atoms with Gasteiger partial charge in [0.25, 0.3) is 0 Å². The molecule has 1 aliphatic heterocycles. The van der Waals surface area contributed by atoms with E-state index in [0.717, 1.165) is 38.5 Å². The Morgan fingerprint density at radius 1 is 0.654 bits per heavy atom. The van der Waals surface area contributed by atoms with E-state index in [9.17, 15) is 40.5 Å². The number of aliphatic hydroxyl groups is 7. The van der Waals surface area contributed by atoms with Crippen molar-refractivity contribution < 1.29 is 50.0 Å². The molecule has 0 saturated carbocycles. The van der Waals surface area contributed by atoms with Gasteiger partial charge in [-0.15, -0.1) is 0 Å². The molecule has 1 amide bonds. The van der Waals surface area contributed by atoms with Crippen molar-refractivity contribution in [3.8, 4) is 0 Å². The first-order chi connectivity index (χ1) is 25.2. The van der Waals surface area contributed by atoms with Gasteiger partial charge in [0, 0.05) is 0 Å². The maximum atomic E-state index is 13.0. The Bertz CT molecular complexity index is 945. The second-order valence-electron chi connectivity index (χ2n) is 14.3. The Kier molecular flexibility index (Phi) is 29.4. The van der Waals surface area contributed by atoms with E-state index in [-0.39, 0.29) is 12.8 Å². The monoisotopic (exact) mass is 742 g/mol. The average molecular weight is 742 g/mol. The van der Waals surface area contributed by atoms with Gasteiger partial charge >= 0.3 is 0 Å². The van der Waals surface area contributed by atoms with Crippen molar-refractivity contribution in [3.63, 3.8) is 0 Å². The van der Waals surface area contributed by atoms with Gasteiger partial charge in [0.2, 0.25) is 5.91 Å². The lowest BCUT2D eigenvalue weighted by molar-refractivity contribution is -0.303. The highest BCUT2D eigenvalue weighted by molar-refractivity contribution is 5.80. The lowest BCUT2D eigenvalue weighted by atomic mass is 9.98. The van der Waals surface area contributed by atoms with E-state index < -0.39 is 74.2 Å². The molecule has 0 aliphatic carbocycles. The van der Waals surface area contributed by atoms with Crippen LogP contribution in [0.5, 0.6) is 0 Å². The van der Waals surface area contributed by atoms with Crippen LogP contribution in [0.3, 0.4) is 0 Å². The molecule has 8 N–H and O–H groups in total. The summed E-state index contributed by atoms with van der Waals surface area (Å²) < 4.78 is 11.0. The smallest absolute Gasteiger partial charge is 0.249 e. The zero-order valence-corrected chi connectivity index (χ0v) is 32.3. The van der Waals surface area contributed by atoms with Crippen LogP contribution in [0.2, 0.25) is 0 Å². The summed E-state index contributed by atoms with van der Waals surface area (Å²) in [6.45, 7) is 3.33. The van der Waals surface area contributed by atoms with Gasteiger partial charge in [-0.1, -0.05) is 108 Å². The lowest BCUT2D eigenvalue weighted by Crippen LogP contribution is -2.60. The van der Waals surface area contributed by atoms with Crippen molar-refractivity contribution >= 4 is 5.91 Å². The Morgan fingerprint density at radius 2 is 1.15 bits per heavy atom. The largest absolute Gasteiger partial charge is 0.394 e. The van der Waals surface area contributed by atoms with Crippen LogP contribution >= 0.6 is 0 Å². The Hall–Kier alpha value is -1.67. The molecule has 1 saturated heterocycles. The molecule has 9 atom stereocenters. The summed E-state index contributed by atoms with van der Waals surface area (Å²) in [5.74, 6) is -0.731. The molecule has 0 aromatic heterocycles. The molecule has 0 bridgehead atoms. The van der Waals surface area contributed by atoms with Crippen molar-refractivity contribution in [2.45, 2.75) is 204 Å². The Labute approximate surface area is 314 Å². The minimum absolute atomic E-state index is 0.219. The van der Waals surface area contributed by atoms with Crippen LogP contribution in [0.25, 0.3) is 0 Å². The number of ether oxygens (including phenoxy) is 2. The van der Waals surface area contributed by atoms with Gasteiger partial charge in [-0.25, -0.2) is 0 Å². The molecule has 0 spiro atoms. The van der Waals surface area contributed by atoms with E-state index >= 15 is 0 Å². The third kappa shape index (κ3) is 21.9. The maximum absolute atomic E-state index is 13.0. The van der Waals surface area contributed by atoms with E-state index in [1.165, 1.54) is 64.2 Å². The van der Waals surface area contributed by atoms with Gasteiger partial charge in [-0.3, -0.25) is 4.79 Å². The minimum Gasteiger partial charge on any atom is -0.394 e. The SMILES string of the molecule is CCCCCC/C=C/CC/C=C/CCCC(O)C(O)C(COC1OC(CO)C(O)C(O)C1O)NC(=O)C(O)CCCC/C=C\CCCCCCCC. The van der Waals surface area contributed by atoms with E-state index in [1.54, 1.807) is 0 Å². The summed E-state index contributed by atoms with van der Waals surface area (Å²) in [4.78, 5) is 13.0. The average Bonchev–Trinajstić information content (AvgIpc) is 3.14. The predicted octanol–water partition coefficient (Wildman–Crippen LogP) is 5.27. The number of carbonyl (C=O) groups excluding carboxylic acids is 1. The topological polar surface area (TPSA) is 189 Å². The summed E-state index contributed by atoms with van der Waals surface area (Å²) in [6.07, 6.45) is 22.1.